The molecule has 0 bridgehead atoms. The average Bonchev–Trinajstić information content (AvgIpc) is 3.20. The van der Waals surface area contributed by atoms with Crippen molar-refractivity contribution < 1.29 is 4.79 Å². The first-order valence-electron chi connectivity index (χ1n) is 11.1. The van der Waals surface area contributed by atoms with Crippen LogP contribution in [-0.2, 0) is 11.3 Å². The molecule has 2 heterocycles. The summed E-state index contributed by atoms with van der Waals surface area (Å²) in [6.07, 6.45) is 1.03. The molecule has 0 aliphatic carbocycles. The molecule has 1 amide bonds. The smallest absolute Gasteiger partial charge is 0.233 e. The second-order valence-electron chi connectivity index (χ2n) is 9.72. The van der Waals surface area contributed by atoms with Gasteiger partial charge in [0.1, 0.15) is 0 Å². The molecule has 9 heteroatoms. The SMILES string of the molecule is CC(=O)NCc1ccc(C)c(Nc2nc(N[C@H]3CCNC3)nc(N(C)CC(C)(C)C)n2)c1. The Hall–Kier alpha value is -2.94. The molecule has 1 aliphatic heterocycles. The third-order valence-electron chi connectivity index (χ3n) is 5.16. The zero-order valence-corrected chi connectivity index (χ0v) is 20.0. The van der Waals surface area contributed by atoms with Crippen LogP contribution in [0.4, 0.5) is 23.5 Å². The number of rotatable bonds is 8. The lowest BCUT2D eigenvalue weighted by molar-refractivity contribution is -0.119. The quantitative estimate of drug-likeness (QED) is 0.496. The molecule has 1 aromatic carbocycles. The maximum atomic E-state index is 11.3. The van der Waals surface area contributed by atoms with Crippen LogP contribution in [0.25, 0.3) is 0 Å². The molecule has 174 valence electrons. The van der Waals surface area contributed by atoms with Gasteiger partial charge in [-0.1, -0.05) is 32.9 Å². The average molecular weight is 441 g/mol. The van der Waals surface area contributed by atoms with E-state index in [0.717, 1.165) is 42.9 Å². The number of nitrogens with one attached hydrogen (secondary N) is 4. The van der Waals surface area contributed by atoms with Gasteiger partial charge in [0, 0.05) is 45.3 Å². The molecule has 1 fully saturated rings. The van der Waals surface area contributed by atoms with Crippen LogP contribution in [0.5, 0.6) is 0 Å². The second-order valence-corrected chi connectivity index (χ2v) is 9.72. The molecule has 0 saturated carbocycles. The molecule has 0 unspecified atom stereocenters. The lowest BCUT2D eigenvalue weighted by atomic mass is 9.96. The first kappa shape index (κ1) is 23.7. The monoisotopic (exact) mass is 440 g/mol. The molecule has 32 heavy (non-hydrogen) atoms. The van der Waals surface area contributed by atoms with Gasteiger partial charge in [0.05, 0.1) is 0 Å². The van der Waals surface area contributed by atoms with E-state index in [-0.39, 0.29) is 11.3 Å². The van der Waals surface area contributed by atoms with E-state index in [2.05, 4.69) is 56.9 Å². The largest absolute Gasteiger partial charge is 0.352 e. The van der Waals surface area contributed by atoms with Crippen LogP contribution in [0.1, 0.15) is 45.2 Å². The lowest BCUT2D eigenvalue weighted by Crippen LogP contribution is -2.31. The minimum Gasteiger partial charge on any atom is -0.352 e. The van der Waals surface area contributed by atoms with E-state index < -0.39 is 0 Å². The van der Waals surface area contributed by atoms with Gasteiger partial charge in [-0.25, -0.2) is 0 Å². The zero-order chi connectivity index (χ0) is 23.3. The number of hydrogen-bond acceptors (Lipinski definition) is 8. The fraction of sp³-hybridized carbons (Fsp3) is 0.565. The van der Waals surface area contributed by atoms with E-state index in [0.29, 0.717) is 30.4 Å². The number of hydrogen-bond donors (Lipinski definition) is 4. The fourth-order valence-corrected chi connectivity index (χ4v) is 3.66. The van der Waals surface area contributed by atoms with Gasteiger partial charge in [0.15, 0.2) is 0 Å². The Bertz CT molecular complexity index is 934. The molecular weight excluding hydrogens is 404 g/mol. The number of aromatic nitrogens is 3. The third kappa shape index (κ3) is 7.05. The molecule has 3 rings (SSSR count). The summed E-state index contributed by atoms with van der Waals surface area (Å²) in [5.41, 5.74) is 3.07. The number of amides is 1. The molecular formula is C23H36N8O. The van der Waals surface area contributed by atoms with Gasteiger partial charge in [-0.05, 0) is 42.5 Å². The van der Waals surface area contributed by atoms with E-state index >= 15 is 0 Å². The summed E-state index contributed by atoms with van der Waals surface area (Å²) in [7, 11) is 2.00. The van der Waals surface area contributed by atoms with Crippen molar-refractivity contribution in [3.63, 3.8) is 0 Å². The molecule has 1 atom stereocenters. The van der Waals surface area contributed by atoms with Crippen molar-refractivity contribution in [2.75, 3.05) is 42.2 Å². The first-order chi connectivity index (χ1) is 15.1. The molecule has 9 nitrogen and oxygen atoms in total. The third-order valence-corrected chi connectivity index (χ3v) is 5.16. The van der Waals surface area contributed by atoms with E-state index in [1.165, 1.54) is 6.92 Å². The summed E-state index contributed by atoms with van der Waals surface area (Å²) >= 11 is 0. The molecule has 1 aliphatic rings. The van der Waals surface area contributed by atoms with Crippen molar-refractivity contribution in [2.45, 2.75) is 53.6 Å². The van der Waals surface area contributed by atoms with Crippen LogP contribution in [0.3, 0.4) is 0 Å². The second kappa shape index (κ2) is 10.1. The highest BCUT2D eigenvalue weighted by Crippen LogP contribution is 2.24. The maximum absolute atomic E-state index is 11.3. The van der Waals surface area contributed by atoms with Crippen molar-refractivity contribution in [1.29, 1.82) is 0 Å². The number of carbonyl (C=O) groups is 1. The van der Waals surface area contributed by atoms with Gasteiger partial charge >= 0.3 is 0 Å². The highest BCUT2D eigenvalue weighted by molar-refractivity contribution is 5.73. The van der Waals surface area contributed by atoms with Crippen LogP contribution >= 0.6 is 0 Å². The van der Waals surface area contributed by atoms with Crippen LogP contribution < -0.4 is 26.2 Å². The highest BCUT2D eigenvalue weighted by Gasteiger charge is 2.20. The van der Waals surface area contributed by atoms with E-state index in [1.54, 1.807) is 0 Å². The van der Waals surface area contributed by atoms with Crippen molar-refractivity contribution in [2.24, 2.45) is 5.41 Å². The summed E-state index contributed by atoms with van der Waals surface area (Å²) in [5.74, 6) is 1.63. The standard InChI is InChI=1S/C23H36N8O/c1-15-7-8-17(12-25-16(2)32)11-19(15)27-21-28-20(26-18-9-10-24-13-18)29-22(30-21)31(6)14-23(3,4)5/h7-8,11,18,24H,9-10,12-14H2,1-6H3,(H,25,32)(H2,26,27,28,29,30)/t18-/m0/s1. The van der Waals surface area contributed by atoms with Crippen LogP contribution in [-0.4, -0.2) is 53.6 Å². The van der Waals surface area contributed by atoms with Crippen LogP contribution in [0, 0.1) is 12.3 Å². The van der Waals surface area contributed by atoms with Gasteiger partial charge in [-0.2, -0.15) is 15.0 Å². The summed E-state index contributed by atoms with van der Waals surface area (Å²) in [6, 6.07) is 6.35. The molecule has 1 aromatic heterocycles. The number of benzene rings is 1. The van der Waals surface area contributed by atoms with Gasteiger partial charge in [0.2, 0.25) is 23.8 Å². The summed E-state index contributed by atoms with van der Waals surface area (Å²) in [5, 5.41) is 13.0. The topological polar surface area (TPSA) is 107 Å². The number of aryl methyl sites for hydroxylation is 1. The number of nitrogens with zero attached hydrogens (tertiary/aromatic N) is 4. The predicted octanol–water partition coefficient (Wildman–Crippen LogP) is 2.82. The molecule has 0 spiro atoms. The highest BCUT2D eigenvalue weighted by atomic mass is 16.1. The Morgan fingerprint density at radius 1 is 1.22 bits per heavy atom. The van der Waals surface area contributed by atoms with Crippen molar-refractivity contribution in [3.05, 3.63) is 29.3 Å². The maximum Gasteiger partial charge on any atom is 0.233 e. The lowest BCUT2D eigenvalue weighted by Gasteiger charge is -2.27. The Morgan fingerprint density at radius 3 is 2.62 bits per heavy atom. The van der Waals surface area contributed by atoms with E-state index in [1.807, 2.05) is 32.2 Å². The first-order valence-corrected chi connectivity index (χ1v) is 11.1. The minimum atomic E-state index is -0.0544. The Labute approximate surface area is 190 Å². The van der Waals surface area contributed by atoms with Crippen LogP contribution in [0.2, 0.25) is 0 Å². The molecule has 4 N–H and O–H groups in total. The van der Waals surface area contributed by atoms with Crippen molar-refractivity contribution in [3.8, 4) is 0 Å². The number of carbonyl (C=O) groups excluding carboxylic acids is 1. The Kier molecular flexibility index (Phi) is 7.50. The normalized spacial score (nSPS) is 16.0. The van der Waals surface area contributed by atoms with Gasteiger partial charge < -0.3 is 26.2 Å². The van der Waals surface area contributed by atoms with E-state index in [9.17, 15) is 4.79 Å². The summed E-state index contributed by atoms with van der Waals surface area (Å²) in [6.45, 7) is 13.3. The van der Waals surface area contributed by atoms with E-state index in [4.69, 9.17) is 4.98 Å². The fourth-order valence-electron chi connectivity index (χ4n) is 3.66. The summed E-state index contributed by atoms with van der Waals surface area (Å²) in [4.78, 5) is 27.4. The molecule has 1 saturated heterocycles. The van der Waals surface area contributed by atoms with Crippen molar-refractivity contribution >= 4 is 29.4 Å². The number of anilines is 4. The zero-order valence-electron chi connectivity index (χ0n) is 20.0. The predicted molar refractivity (Wildman–Crippen MR) is 129 cm³/mol. The van der Waals surface area contributed by atoms with Crippen LogP contribution in [0.15, 0.2) is 18.2 Å². The Balaban J connectivity index is 1.87. The van der Waals surface area contributed by atoms with Gasteiger partial charge in [0.25, 0.3) is 0 Å². The van der Waals surface area contributed by atoms with Crippen molar-refractivity contribution in [1.82, 2.24) is 25.6 Å². The Morgan fingerprint density at radius 2 is 1.97 bits per heavy atom. The minimum absolute atomic E-state index is 0.0544. The molecule has 0 radical (unpaired) electrons. The summed E-state index contributed by atoms with van der Waals surface area (Å²) < 4.78 is 0. The molecule has 2 aromatic rings. The van der Waals surface area contributed by atoms with Gasteiger partial charge in [-0.3, -0.25) is 4.79 Å². The van der Waals surface area contributed by atoms with Gasteiger partial charge in [-0.15, -0.1) is 0 Å².